The number of aryl methyl sites for hydroxylation is 1. The molecule has 0 atom stereocenters. The van der Waals surface area contributed by atoms with Gasteiger partial charge in [-0.2, -0.15) is 4.80 Å². The number of hydrogen-bond acceptors (Lipinski definition) is 5. The van der Waals surface area contributed by atoms with E-state index in [2.05, 4.69) is 41.1 Å². The van der Waals surface area contributed by atoms with Crippen LogP contribution in [0.5, 0.6) is 0 Å². The summed E-state index contributed by atoms with van der Waals surface area (Å²) in [5, 5.41) is 13.1. The Kier molecular flexibility index (Phi) is 4.25. The fourth-order valence-corrected chi connectivity index (χ4v) is 2.38. The maximum Gasteiger partial charge on any atom is 0.188 e. The molecule has 0 bridgehead atoms. The second-order valence-electron chi connectivity index (χ2n) is 4.00. The highest BCUT2D eigenvalue weighted by atomic mass is 79.9. The summed E-state index contributed by atoms with van der Waals surface area (Å²) in [6.07, 6.45) is 0. The average Bonchev–Trinajstić information content (AvgIpc) is 2.67. The minimum absolute atomic E-state index is 0.815. The SMILES string of the molecule is Cn1nnc(CN2CCN(CCBr)CC2)n1. The van der Waals surface area contributed by atoms with Gasteiger partial charge < -0.3 is 0 Å². The monoisotopic (exact) mass is 288 g/mol. The Morgan fingerprint density at radius 2 is 1.88 bits per heavy atom. The van der Waals surface area contributed by atoms with Crippen LogP contribution in [0.15, 0.2) is 0 Å². The molecular weight excluding hydrogens is 272 g/mol. The van der Waals surface area contributed by atoms with Gasteiger partial charge in [0.15, 0.2) is 5.82 Å². The van der Waals surface area contributed by atoms with Crippen molar-refractivity contribution in [3.8, 4) is 0 Å². The maximum atomic E-state index is 4.19. The molecule has 1 aliphatic heterocycles. The summed E-state index contributed by atoms with van der Waals surface area (Å²) in [4.78, 5) is 6.35. The first-order chi connectivity index (χ1) is 7.78. The van der Waals surface area contributed by atoms with Crippen molar-refractivity contribution in [3.05, 3.63) is 5.82 Å². The van der Waals surface area contributed by atoms with Crippen LogP contribution in [0.3, 0.4) is 0 Å². The maximum absolute atomic E-state index is 4.19. The highest BCUT2D eigenvalue weighted by molar-refractivity contribution is 9.09. The lowest BCUT2D eigenvalue weighted by Crippen LogP contribution is -2.46. The Balaban J connectivity index is 1.77. The molecule has 7 heteroatoms. The molecule has 0 aromatic carbocycles. The molecular formula is C9H17BrN6. The van der Waals surface area contributed by atoms with Crippen LogP contribution < -0.4 is 0 Å². The van der Waals surface area contributed by atoms with Crippen molar-refractivity contribution in [2.75, 3.05) is 38.1 Å². The van der Waals surface area contributed by atoms with E-state index in [1.54, 1.807) is 7.05 Å². The number of tetrazole rings is 1. The van der Waals surface area contributed by atoms with Crippen LogP contribution >= 0.6 is 15.9 Å². The molecule has 0 saturated carbocycles. The first kappa shape index (κ1) is 11.9. The highest BCUT2D eigenvalue weighted by Gasteiger charge is 2.17. The fraction of sp³-hybridized carbons (Fsp3) is 0.889. The van der Waals surface area contributed by atoms with Crippen molar-refractivity contribution in [2.24, 2.45) is 7.05 Å². The van der Waals surface area contributed by atoms with Crippen LogP contribution in [0.25, 0.3) is 0 Å². The molecule has 16 heavy (non-hydrogen) atoms. The number of nitrogens with zero attached hydrogens (tertiary/aromatic N) is 6. The molecule has 0 N–H and O–H groups in total. The van der Waals surface area contributed by atoms with E-state index in [4.69, 9.17) is 0 Å². The van der Waals surface area contributed by atoms with Gasteiger partial charge in [0, 0.05) is 38.1 Å². The molecule has 0 amide bonds. The normalized spacial score (nSPS) is 19.1. The van der Waals surface area contributed by atoms with Crippen molar-refractivity contribution in [1.82, 2.24) is 30.0 Å². The van der Waals surface area contributed by atoms with Gasteiger partial charge in [-0.1, -0.05) is 15.9 Å². The largest absolute Gasteiger partial charge is 0.300 e. The van der Waals surface area contributed by atoms with E-state index in [0.717, 1.165) is 50.4 Å². The van der Waals surface area contributed by atoms with Crippen LogP contribution in [-0.2, 0) is 13.6 Å². The Labute approximate surface area is 104 Å². The van der Waals surface area contributed by atoms with E-state index >= 15 is 0 Å². The average molecular weight is 289 g/mol. The summed E-state index contributed by atoms with van der Waals surface area (Å²) in [6.45, 7) is 6.39. The van der Waals surface area contributed by atoms with Crippen LogP contribution in [0.4, 0.5) is 0 Å². The van der Waals surface area contributed by atoms with E-state index in [1.165, 1.54) is 4.80 Å². The van der Waals surface area contributed by atoms with Crippen molar-refractivity contribution >= 4 is 15.9 Å². The summed E-state index contributed by atoms with van der Waals surface area (Å²) in [5.41, 5.74) is 0. The minimum atomic E-state index is 0.815. The number of rotatable bonds is 4. The van der Waals surface area contributed by atoms with Gasteiger partial charge in [-0.15, -0.1) is 10.2 Å². The molecule has 1 fully saturated rings. The second kappa shape index (κ2) is 5.70. The van der Waals surface area contributed by atoms with E-state index in [0.29, 0.717) is 0 Å². The standard InChI is InChI=1S/C9H17BrN6/c1-14-12-9(11-13-14)8-16-6-4-15(3-2-10)5-7-16/h2-8H2,1H3. The third-order valence-corrected chi connectivity index (χ3v) is 3.14. The van der Waals surface area contributed by atoms with Crippen LogP contribution in [0, 0.1) is 0 Å². The summed E-state index contributed by atoms with van der Waals surface area (Å²) in [7, 11) is 1.80. The molecule has 0 radical (unpaired) electrons. The molecule has 0 spiro atoms. The predicted molar refractivity (Wildman–Crippen MR) is 64.3 cm³/mol. The molecule has 2 heterocycles. The van der Waals surface area contributed by atoms with Crippen molar-refractivity contribution in [3.63, 3.8) is 0 Å². The smallest absolute Gasteiger partial charge is 0.188 e. The first-order valence-electron chi connectivity index (χ1n) is 5.51. The number of halogens is 1. The zero-order chi connectivity index (χ0) is 11.4. The lowest BCUT2D eigenvalue weighted by Gasteiger charge is -2.33. The van der Waals surface area contributed by atoms with Gasteiger partial charge in [0.25, 0.3) is 0 Å². The highest BCUT2D eigenvalue weighted by Crippen LogP contribution is 2.04. The summed E-state index contributed by atoms with van der Waals surface area (Å²) in [6, 6.07) is 0. The van der Waals surface area contributed by atoms with Gasteiger partial charge in [-0.05, 0) is 5.21 Å². The van der Waals surface area contributed by atoms with Crippen molar-refractivity contribution in [1.29, 1.82) is 0 Å². The third kappa shape index (κ3) is 3.23. The molecule has 90 valence electrons. The lowest BCUT2D eigenvalue weighted by atomic mass is 10.3. The summed E-state index contributed by atoms with van der Waals surface area (Å²) >= 11 is 3.47. The van der Waals surface area contributed by atoms with Gasteiger partial charge in [0.05, 0.1) is 13.6 Å². The molecule has 1 aromatic rings. The summed E-state index contributed by atoms with van der Waals surface area (Å²) < 4.78 is 0. The number of alkyl halides is 1. The predicted octanol–water partition coefficient (Wildman–Crippen LogP) is -0.277. The minimum Gasteiger partial charge on any atom is -0.300 e. The second-order valence-corrected chi connectivity index (χ2v) is 4.79. The molecule has 1 aliphatic rings. The number of hydrogen-bond donors (Lipinski definition) is 0. The van der Waals surface area contributed by atoms with Gasteiger partial charge in [-0.3, -0.25) is 9.80 Å². The third-order valence-electron chi connectivity index (χ3n) is 2.78. The van der Waals surface area contributed by atoms with Gasteiger partial charge in [0.2, 0.25) is 0 Å². The number of aromatic nitrogens is 4. The van der Waals surface area contributed by atoms with Gasteiger partial charge >= 0.3 is 0 Å². The molecule has 0 unspecified atom stereocenters. The summed E-state index contributed by atoms with van der Waals surface area (Å²) in [5.74, 6) is 0.816. The first-order valence-corrected chi connectivity index (χ1v) is 6.63. The van der Waals surface area contributed by atoms with E-state index in [9.17, 15) is 0 Å². The molecule has 6 nitrogen and oxygen atoms in total. The van der Waals surface area contributed by atoms with Crippen molar-refractivity contribution < 1.29 is 0 Å². The van der Waals surface area contributed by atoms with E-state index in [-0.39, 0.29) is 0 Å². The van der Waals surface area contributed by atoms with Crippen molar-refractivity contribution in [2.45, 2.75) is 6.54 Å². The topological polar surface area (TPSA) is 50.1 Å². The van der Waals surface area contributed by atoms with Crippen LogP contribution in [0.1, 0.15) is 5.82 Å². The van der Waals surface area contributed by atoms with Gasteiger partial charge in [0.1, 0.15) is 0 Å². The van der Waals surface area contributed by atoms with Crippen LogP contribution in [-0.4, -0.2) is 68.1 Å². The van der Waals surface area contributed by atoms with Gasteiger partial charge in [-0.25, -0.2) is 0 Å². The molecule has 1 aromatic heterocycles. The molecule has 0 aliphatic carbocycles. The Morgan fingerprint density at radius 1 is 1.19 bits per heavy atom. The zero-order valence-electron chi connectivity index (χ0n) is 9.51. The Bertz CT molecular complexity index is 320. The van der Waals surface area contributed by atoms with E-state index in [1.807, 2.05) is 0 Å². The quantitative estimate of drug-likeness (QED) is 0.714. The van der Waals surface area contributed by atoms with Crippen LogP contribution in [0.2, 0.25) is 0 Å². The zero-order valence-corrected chi connectivity index (χ0v) is 11.1. The fourth-order valence-electron chi connectivity index (χ4n) is 1.88. The Hall–Kier alpha value is -0.530. The van der Waals surface area contributed by atoms with E-state index < -0.39 is 0 Å². The molecule has 1 saturated heterocycles. The molecule has 2 rings (SSSR count). The lowest BCUT2D eigenvalue weighted by molar-refractivity contribution is 0.130. The number of piperazine rings is 1. The Morgan fingerprint density at radius 3 is 2.44 bits per heavy atom.